The summed E-state index contributed by atoms with van der Waals surface area (Å²) in [5, 5.41) is 0. The Morgan fingerprint density at radius 2 is 1.90 bits per heavy atom. The first-order valence-corrected chi connectivity index (χ1v) is 2.75. The van der Waals surface area contributed by atoms with Crippen LogP contribution in [0.15, 0.2) is 24.3 Å². The molecule has 0 aliphatic heterocycles. The Labute approximate surface area is 58.9 Å². The average Bonchev–Trinajstić information content (AvgIpc) is 1.88. The highest BCUT2D eigenvalue weighted by atomic mass is 19.1. The number of benzene rings is 1. The summed E-state index contributed by atoms with van der Waals surface area (Å²) >= 11 is 0. The minimum atomic E-state index is -0.542. The highest BCUT2D eigenvalue weighted by molar-refractivity contribution is 5.92. The second kappa shape index (κ2) is 2.47. The van der Waals surface area contributed by atoms with Gasteiger partial charge in [0.15, 0.2) is 0 Å². The van der Waals surface area contributed by atoms with Gasteiger partial charge >= 0.3 is 0 Å². The van der Waals surface area contributed by atoms with Gasteiger partial charge in [-0.05, 0) is 24.3 Å². The summed E-state index contributed by atoms with van der Waals surface area (Å²) in [7, 11) is 0. The Morgan fingerprint density at radius 1 is 1.40 bits per heavy atom. The third-order valence-electron chi connectivity index (χ3n) is 1.13. The molecule has 0 unspecified atom stereocenters. The summed E-state index contributed by atoms with van der Waals surface area (Å²) in [6, 6.07) is 5.08. The van der Waals surface area contributed by atoms with Crippen molar-refractivity contribution in [2.45, 2.75) is 0 Å². The normalized spacial score (nSPS) is 9.30. The highest BCUT2D eigenvalue weighted by Gasteiger charge is 1.97. The van der Waals surface area contributed by atoms with Gasteiger partial charge < -0.3 is 5.73 Å². The molecule has 1 aromatic carbocycles. The van der Waals surface area contributed by atoms with Crippen LogP contribution in [-0.4, -0.2) is 5.91 Å². The van der Waals surface area contributed by atoms with E-state index in [9.17, 15) is 9.18 Å². The molecule has 0 fully saturated rings. The quantitative estimate of drug-likeness (QED) is 0.626. The zero-order valence-corrected chi connectivity index (χ0v) is 5.17. The van der Waals surface area contributed by atoms with E-state index in [0.29, 0.717) is 5.56 Å². The van der Waals surface area contributed by atoms with Crippen molar-refractivity contribution in [2.24, 2.45) is 5.73 Å². The number of halogens is 1. The predicted molar refractivity (Wildman–Crippen MR) is 37.0 cm³/mol. The molecule has 1 amide bonds. The van der Waals surface area contributed by atoms with E-state index in [4.69, 9.17) is 5.73 Å². The lowest BCUT2D eigenvalue weighted by molar-refractivity contribution is 0.100. The van der Waals surface area contributed by atoms with Crippen LogP contribution in [0.4, 0.5) is 4.39 Å². The summed E-state index contributed by atoms with van der Waals surface area (Å²) in [6.07, 6.45) is 0. The van der Waals surface area contributed by atoms with Crippen LogP contribution in [0.2, 0.25) is 0 Å². The molecule has 0 bridgehead atoms. The molecular weight excluding hydrogens is 133 g/mol. The Balaban J connectivity index is 0.000001000. The summed E-state index contributed by atoms with van der Waals surface area (Å²) in [5.74, 6) is -0.912. The molecule has 0 spiro atoms. The van der Waals surface area contributed by atoms with Crippen LogP contribution in [0.5, 0.6) is 0 Å². The Bertz CT molecular complexity index is 247. The maximum Gasteiger partial charge on any atom is 0.248 e. The first-order chi connectivity index (χ1) is 4.70. The van der Waals surface area contributed by atoms with Crippen LogP contribution < -0.4 is 5.73 Å². The highest BCUT2D eigenvalue weighted by Crippen LogP contribution is 2.00. The second-order valence-corrected chi connectivity index (χ2v) is 1.87. The molecule has 0 aromatic heterocycles. The number of hydrogen-bond donors (Lipinski definition) is 1. The van der Waals surface area contributed by atoms with Crippen LogP contribution >= 0.6 is 0 Å². The molecule has 2 nitrogen and oxygen atoms in total. The number of nitrogens with two attached hydrogens (primary N) is 1. The molecule has 0 radical (unpaired) electrons. The van der Waals surface area contributed by atoms with Crippen LogP contribution in [-0.2, 0) is 0 Å². The van der Waals surface area contributed by atoms with Crippen molar-refractivity contribution in [3.05, 3.63) is 35.6 Å². The third kappa shape index (κ3) is 1.31. The second-order valence-electron chi connectivity index (χ2n) is 1.87. The summed E-state index contributed by atoms with van der Waals surface area (Å²) < 4.78 is 12.2. The van der Waals surface area contributed by atoms with E-state index in [1.54, 1.807) is 0 Å². The van der Waals surface area contributed by atoms with Gasteiger partial charge in [0.1, 0.15) is 5.82 Å². The Morgan fingerprint density at radius 3 is 2.30 bits per heavy atom. The van der Waals surface area contributed by atoms with Crippen molar-refractivity contribution in [1.82, 2.24) is 0 Å². The van der Waals surface area contributed by atoms with Gasteiger partial charge in [-0.2, -0.15) is 0 Å². The molecule has 2 N–H and O–H groups in total. The molecular formula is C7H8FNO. The van der Waals surface area contributed by atoms with Crippen molar-refractivity contribution in [3.8, 4) is 0 Å². The predicted octanol–water partition coefficient (Wildman–Crippen LogP) is 1.17. The van der Waals surface area contributed by atoms with Crippen molar-refractivity contribution >= 4 is 5.91 Å². The molecule has 0 saturated carbocycles. The number of carbonyl (C=O) groups excluding carboxylic acids is 1. The number of primary amides is 1. The average molecular weight is 141 g/mol. The first kappa shape index (κ1) is 6.74. The fourth-order valence-electron chi connectivity index (χ4n) is 0.614. The zero-order valence-electron chi connectivity index (χ0n) is 5.17. The van der Waals surface area contributed by atoms with E-state index in [1.165, 1.54) is 24.3 Å². The number of hydrogen-bond acceptors (Lipinski definition) is 1. The largest absolute Gasteiger partial charge is 0.366 e. The first-order valence-electron chi connectivity index (χ1n) is 2.75. The van der Waals surface area contributed by atoms with Gasteiger partial charge in [0, 0.05) is 6.99 Å². The molecule has 0 atom stereocenters. The van der Waals surface area contributed by atoms with Gasteiger partial charge in [0.2, 0.25) is 5.91 Å². The van der Waals surface area contributed by atoms with Crippen molar-refractivity contribution in [1.29, 1.82) is 0 Å². The molecule has 10 heavy (non-hydrogen) atoms. The van der Waals surface area contributed by atoms with Gasteiger partial charge in [0.05, 0.1) is 0 Å². The Kier molecular flexibility index (Phi) is 1.67. The SMILES string of the molecule is NC(=O)c1ccc(F)cc1.[HH]. The van der Waals surface area contributed by atoms with Gasteiger partial charge in [-0.25, -0.2) is 4.39 Å². The fourth-order valence-corrected chi connectivity index (χ4v) is 0.614. The van der Waals surface area contributed by atoms with E-state index in [0.717, 1.165) is 0 Å². The minimum absolute atomic E-state index is 0. The van der Waals surface area contributed by atoms with Gasteiger partial charge in [-0.1, -0.05) is 0 Å². The van der Waals surface area contributed by atoms with Crippen molar-refractivity contribution in [2.75, 3.05) is 0 Å². The summed E-state index contributed by atoms with van der Waals surface area (Å²) in [6.45, 7) is 0. The van der Waals surface area contributed by atoms with Gasteiger partial charge in [0.25, 0.3) is 0 Å². The standard InChI is InChI=1S/C7H6FNO.H2/c8-6-3-1-5(2-4-6)7(9)10;/h1-4H,(H2,9,10);1H. The summed E-state index contributed by atoms with van der Waals surface area (Å²) in [4.78, 5) is 10.4. The van der Waals surface area contributed by atoms with E-state index in [1.807, 2.05) is 0 Å². The smallest absolute Gasteiger partial charge is 0.248 e. The maximum atomic E-state index is 12.2. The number of rotatable bonds is 1. The van der Waals surface area contributed by atoms with Gasteiger partial charge in [-0.3, -0.25) is 4.79 Å². The molecule has 0 heterocycles. The van der Waals surface area contributed by atoms with E-state index in [2.05, 4.69) is 0 Å². The topological polar surface area (TPSA) is 43.1 Å². The summed E-state index contributed by atoms with van der Waals surface area (Å²) in [5.41, 5.74) is 5.22. The van der Waals surface area contributed by atoms with Crippen molar-refractivity contribution < 1.29 is 10.6 Å². The van der Waals surface area contributed by atoms with E-state index < -0.39 is 5.91 Å². The number of amides is 1. The molecule has 3 heteroatoms. The molecule has 1 aromatic rings. The lowest BCUT2D eigenvalue weighted by Crippen LogP contribution is -2.10. The van der Waals surface area contributed by atoms with Crippen molar-refractivity contribution in [3.63, 3.8) is 0 Å². The van der Waals surface area contributed by atoms with E-state index in [-0.39, 0.29) is 7.24 Å². The maximum absolute atomic E-state index is 12.2. The minimum Gasteiger partial charge on any atom is -0.366 e. The molecule has 0 aliphatic carbocycles. The third-order valence-corrected chi connectivity index (χ3v) is 1.13. The molecule has 0 saturated heterocycles. The van der Waals surface area contributed by atoms with Crippen LogP contribution in [0.25, 0.3) is 0 Å². The lowest BCUT2D eigenvalue weighted by Gasteiger charge is -1.91. The lowest BCUT2D eigenvalue weighted by atomic mass is 10.2. The molecule has 0 aliphatic rings. The van der Waals surface area contributed by atoms with Crippen LogP contribution in [0.3, 0.4) is 0 Å². The zero-order chi connectivity index (χ0) is 7.56. The van der Waals surface area contributed by atoms with Crippen LogP contribution in [0, 0.1) is 5.82 Å². The molecule has 54 valence electrons. The molecule has 1 rings (SSSR count). The Hall–Kier alpha value is -1.38. The number of carbonyl (C=O) groups is 1. The van der Waals surface area contributed by atoms with Crippen LogP contribution in [0.1, 0.15) is 11.8 Å². The van der Waals surface area contributed by atoms with Gasteiger partial charge in [-0.15, -0.1) is 0 Å². The monoisotopic (exact) mass is 141 g/mol. The van der Waals surface area contributed by atoms with E-state index >= 15 is 0 Å². The fraction of sp³-hybridized carbons (Fsp3) is 0.